The molecule has 3 amide bonds. The second-order valence-corrected chi connectivity index (χ2v) is 12.2. The van der Waals surface area contributed by atoms with Gasteiger partial charge in [0.25, 0.3) is 5.91 Å². The minimum atomic E-state index is -1.03. The molecule has 1 aromatic heterocycles. The number of rotatable bonds is 17. The number of ketones is 1. The number of nitrogens with zero attached hydrogens (tertiary/aromatic N) is 2. The number of Topliss-reactive ketones (excluding diaryl/α,β-unsaturated/α-hetero) is 1. The number of hydrogen-bond donors (Lipinski definition) is 3. The molecule has 2 aliphatic heterocycles. The number of aromatic nitrogens is 1. The Hall–Kier alpha value is -3.65. The molecule has 246 valence electrons. The highest BCUT2D eigenvalue weighted by molar-refractivity contribution is 5.99. The van der Waals surface area contributed by atoms with Crippen LogP contribution >= 0.6 is 0 Å². The first-order valence-electron chi connectivity index (χ1n) is 15.5. The van der Waals surface area contributed by atoms with E-state index in [1.807, 2.05) is 44.2 Å². The number of methoxy groups -OCH3 is 1. The zero-order valence-electron chi connectivity index (χ0n) is 26.5. The average Bonchev–Trinajstić information content (AvgIpc) is 3.61. The Morgan fingerprint density at radius 2 is 1.67 bits per heavy atom. The third-order valence-corrected chi connectivity index (χ3v) is 7.86. The molecule has 0 aliphatic carbocycles. The molecule has 1 aromatic carbocycles. The van der Waals surface area contributed by atoms with Gasteiger partial charge in [-0.2, -0.15) is 0 Å². The molecule has 3 heterocycles. The normalized spacial score (nSPS) is 20.2. The lowest BCUT2D eigenvalue weighted by Crippen LogP contribution is -2.57. The Balaban J connectivity index is 1.46. The summed E-state index contributed by atoms with van der Waals surface area (Å²) in [6.07, 6.45) is 0.748. The lowest BCUT2D eigenvalue weighted by atomic mass is 9.93. The quantitative estimate of drug-likeness (QED) is 0.218. The third kappa shape index (κ3) is 10.2. The first-order chi connectivity index (χ1) is 21.6. The van der Waals surface area contributed by atoms with Crippen LogP contribution in [0.4, 0.5) is 0 Å². The average molecular weight is 628 g/mol. The van der Waals surface area contributed by atoms with Crippen LogP contribution in [0.5, 0.6) is 0 Å². The van der Waals surface area contributed by atoms with Crippen molar-refractivity contribution in [2.75, 3.05) is 46.6 Å². The lowest BCUT2D eigenvalue weighted by molar-refractivity contribution is -0.133. The van der Waals surface area contributed by atoms with Gasteiger partial charge in [-0.25, -0.2) is 0 Å². The molecule has 45 heavy (non-hydrogen) atoms. The standard InChI is InChI=1S/C32H45N5O8/c1-21(2)16-25(28(38)32(3)20-44-32)34-30(40)26(17-22-8-6-5-7-9-22)35-29(39)24(10-13-42-4)33-31(41)27-18-23(45-36-27)19-37-11-14-43-15-12-37/h5-9,18,21,24-26H,10-17,19-20H2,1-4H3,(H,33,41)(H,34,40)(H,35,39)/t24?,25?,26-,32+/m0/s1. The van der Waals surface area contributed by atoms with Gasteiger partial charge in [-0.3, -0.25) is 24.1 Å². The summed E-state index contributed by atoms with van der Waals surface area (Å²) in [6.45, 7) is 9.37. The molecule has 4 atom stereocenters. The largest absolute Gasteiger partial charge is 0.385 e. The summed E-state index contributed by atoms with van der Waals surface area (Å²) in [4.78, 5) is 55.8. The van der Waals surface area contributed by atoms with Crippen molar-refractivity contribution in [2.24, 2.45) is 5.92 Å². The Labute approximate surface area is 263 Å². The molecule has 2 aromatic rings. The summed E-state index contributed by atoms with van der Waals surface area (Å²) in [5.74, 6) is -1.21. The van der Waals surface area contributed by atoms with Crippen LogP contribution in [0.1, 0.15) is 55.4 Å². The fourth-order valence-electron chi connectivity index (χ4n) is 5.14. The summed E-state index contributed by atoms with van der Waals surface area (Å²) in [6, 6.07) is 7.97. The van der Waals surface area contributed by atoms with Crippen molar-refractivity contribution in [3.05, 3.63) is 53.4 Å². The van der Waals surface area contributed by atoms with E-state index in [0.717, 1.165) is 18.7 Å². The minimum absolute atomic E-state index is 0.0397. The second kappa shape index (κ2) is 16.1. The summed E-state index contributed by atoms with van der Waals surface area (Å²) in [5, 5.41) is 12.3. The molecule has 0 spiro atoms. The van der Waals surface area contributed by atoms with Crippen molar-refractivity contribution in [3.63, 3.8) is 0 Å². The number of amides is 3. The summed E-state index contributed by atoms with van der Waals surface area (Å²) in [7, 11) is 1.49. The van der Waals surface area contributed by atoms with E-state index in [9.17, 15) is 19.2 Å². The van der Waals surface area contributed by atoms with Gasteiger partial charge in [-0.1, -0.05) is 49.3 Å². The Bertz CT molecular complexity index is 1290. The van der Waals surface area contributed by atoms with Gasteiger partial charge in [0.05, 0.1) is 32.4 Å². The maximum absolute atomic E-state index is 13.7. The second-order valence-electron chi connectivity index (χ2n) is 12.2. The van der Waals surface area contributed by atoms with Gasteiger partial charge in [0.2, 0.25) is 11.8 Å². The summed E-state index contributed by atoms with van der Waals surface area (Å²) in [5.41, 5.74) is -0.0584. The Morgan fingerprint density at radius 3 is 2.31 bits per heavy atom. The monoisotopic (exact) mass is 627 g/mol. The van der Waals surface area contributed by atoms with Crippen LogP contribution in [-0.4, -0.2) is 104 Å². The van der Waals surface area contributed by atoms with Crippen LogP contribution < -0.4 is 16.0 Å². The first kappa shape index (κ1) is 34.2. The zero-order chi connectivity index (χ0) is 32.4. The van der Waals surface area contributed by atoms with E-state index in [0.29, 0.717) is 38.5 Å². The van der Waals surface area contributed by atoms with Crippen molar-refractivity contribution in [1.29, 1.82) is 0 Å². The highest BCUT2D eigenvalue weighted by atomic mass is 16.6. The fraction of sp³-hybridized carbons (Fsp3) is 0.594. The van der Waals surface area contributed by atoms with Crippen LogP contribution in [0.25, 0.3) is 0 Å². The van der Waals surface area contributed by atoms with Gasteiger partial charge < -0.3 is 34.7 Å². The molecule has 0 saturated carbocycles. The van der Waals surface area contributed by atoms with Crippen LogP contribution in [-0.2, 0) is 41.6 Å². The topological polar surface area (TPSA) is 165 Å². The Morgan fingerprint density at radius 1 is 1.00 bits per heavy atom. The smallest absolute Gasteiger partial charge is 0.274 e. The molecule has 2 fully saturated rings. The highest BCUT2D eigenvalue weighted by Crippen LogP contribution is 2.29. The van der Waals surface area contributed by atoms with Gasteiger partial charge in [-0.05, 0) is 31.2 Å². The molecule has 2 aliphatic rings. The van der Waals surface area contributed by atoms with E-state index in [2.05, 4.69) is 26.0 Å². The van der Waals surface area contributed by atoms with E-state index in [1.165, 1.54) is 7.11 Å². The van der Waals surface area contributed by atoms with Crippen molar-refractivity contribution in [2.45, 2.75) is 70.3 Å². The van der Waals surface area contributed by atoms with E-state index in [-0.39, 0.29) is 36.8 Å². The van der Waals surface area contributed by atoms with Crippen molar-refractivity contribution < 1.29 is 37.9 Å². The zero-order valence-corrected chi connectivity index (χ0v) is 26.5. The molecular formula is C32H45N5O8. The van der Waals surface area contributed by atoms with Gasteiger partial charge in [0, 0.05) is 39.3 Å². The molecule has 2 unspecified atom stereocenters. The number of ether oxygens (including phenoxy) is 3. The van der Waals surface area contributed by atoms with E-state index < -0.39 is 41.4 Å². The molecule has 13 nitrogen and oxygen atoms in total. The highest BCUT2D eigenvalue weighted by Gasteiger charge is 2.50. The van der Waals surface area contributed by atoms with Crippen molar-refractivity contribution >= 4 is 23.5 Å². The number of morpholine rings is 1. The molecular weight excluding hydrogens is 582 g/mol. The van der Waals surface area contributed by atoms with Gasteiger partial charge in [0.1, 0.15) is 17.7 Å². The van der Waals surface area contributed by atoms with E-state index >= 15 is 0 Å². The molecule has 4 rings (SSSR count). The minimum Gasteiger partial charge on any atom is -0.385 e. The maximum atomic E-state index is 13.7. The van der Waals surface area contributed by atoms with Crippen molar-refractivity contribution in [1.82, 2.24) is 26.0 Å². The van der Waals surface area contributed by atoms with Crippen LogP contribution in [0, 0.1) is 5.92 Å². The van der Waals surface area contributed by atoms with E-state index in [4.69, 9.17) is 18.7 Å². The van der Waals surface area contributed by atoms with Gasteiger partial charge in [0.15, 0.2) is 17.2 Å². The predicted molar refractivity (Wildman–Crippen MR) is 163 cm³/mol. The lowest BCUT2D eigenvalue weighted by Gasteiger charge is -2.26. The number of nitrogens with one attached hydrogen (secondary N) is 3. The number of benzene rings is 1. The molecule has 13 heteroatoms. The Kier molecular flexibility index (Phi) is 12.2. The number of hydrogen-bond acceptors (Lipinski definition) is 10. The maximum Gasteiger partial charge on any atom is 0.274 e. The number of carbonyl (C=O) groups is 4. The SMILES string of the molecule is COCCC(NC(=O)c1cc(CN2CCOCC2)on1)C(=O)N[C@@H](Cc1ccccc1)C(=O)NC(CC(C)C)C(=O)[C@@]1(C)CO1. The molecule has 3 N–H and O–H groups in total. The number of carbonyl (C=O) groups excluding carboxylic acids is 4. The molecule has 0 radical (unpaired) electrons. The van der Waals surface area contributed by atoms with Crippen LogP contribution in [0.15, 0.2) is 40.9 Å². The van der Waals surface area contributed by atoms with Gasteiger partial charge >= 0.3 is 0 Å². The fourth-order valence-corrected chi connectivity index (χ4v) is 5.14. The predicted octanol–water partition coefficient (Wildman–Crippen LogP) is 1.26. The van der Waals surface area contributed by atoms with Crippen LogP contribution in [0.2, 0.25) is 0 Å². The van der Waals surface area contributed by atoms with E-state index in [1.54, 1.807) is 13.0 Å². The molecule has 0 bridgehead atoms. The van der Waals surface area contributed by atoms with Gasteiger partial charge in [-0.15, -0.1) is 0 Å². The summed E-state index contributed by atoms with van der Waals surface area (Å²) < 4.78 is 21.3. The third-order valence-electron chi connectivity index (χ3n) is 7.86. The van der Waals surface area contributed by atoms with Crippen LogP contribution in [0.3, 0.4) is 0 Å². The summed E-state index contributed by atoms with van der Waals surface area (Å²) >= 11 is 0. The molecule has 2 saturated heterocycles. The van der Waals surface area contributed by atoms with Crippen molar-refractivity contribution in [3.8, 4) is 0 Å². The number of epoxide rings is 1. The first-order valence-corrected chi connectivity index (χ1v) is 15.5.